The Morgan fingerprint density at radius 1 is 1.43 bits per heavy atom. The van der Waals surface area contributed by atoms with Crippen molar-refractivity contribution in [2.45, 2.75) is 6.92 Å². The lowest BCUT2D eigenvalue weighted by molar-refractivity contribution is 0.390. The van der Waals surface area contributed by atoms with Crippen LogP contribution in [0.25, 0.3) is 11.4 Å². The fraction of sp³-hybridized carbons (Fsp3) is 0.222. The van der Waals surface area contributed by atoms with E-state index in [1.165, 1.54) is 0 Å². The molecule has 2 rings (SSSR count). The van der Waals surface area contributed by atoms with Gasteiger partial charge in [-0.15, -0.1) is 0 Å². The number of hydrogen-bond acceptors (Lipinski definition) is 5. The van der Waals surface area contributed by atoms with Crippen molar-refractivity contribution in [3.63, 3.8) is 0 Å². The molecule has 0 atom stereocenters. The average molecular weight is 191 g/mol. The van der Waals surface area contributed by atoms with Crippen molar-refractivity contribution in [1.82, 2.24) is 15.1 Å². The van der Waals surface area contributed by atoms with Gasteiger partial charge in [-0.3, -0.25) is 0 Å². The van der Waals surface area contributed by atoms with Crippen LogP contribution < -0.4 is 4.74 Å². The van der Waals surface area contributed by atoms with Crippen molar-refractivity contribution in [3.05, 3.63) is 24.2 Å². The van der Waals surface area contributed by atoms with E-state index in [0.717, 1.165) is 5.56 Å². The van der Waals surface area contributed by atoms with E-state index in [1.807, 2.05) is 6.07 Å². The molecule has 14 heavy (non-hydrogen) atoms. The Bertz CT molecular complexity index is 439. The molecule has 0 aliphatic heterocycles. The second-order valence-corrected chi connectivity index (χ2v) is 2.70. The first-order chi connectivity index (χ1) is 6.81. The van der Waals surface area contributed by atoms with Crippen LogP contribution in [0.4, 0.5) is 0 Å². The van der Waals surface area contributed by atoms with E-state index in [4.69, 9.17) is 9.26 Å². The van der Waals surface area contributed by atoms with Crippen molar-refractivity contribution in [3.8, 4) is 17.3 Å². The van der Waals surface area contributed by atoms with Crippen molar-refractivity contribution in [2.75, 3.05) is 7.11 Å². The third-order valence-corrected chi connectivity index (χ3v) is 1.73. The van der Waals surface area contributed by atoms with Crippen molar-refractivity contribution in [1.29, 1.82) is 0 Å². The van der Waals surface area contributed by atoms with Crippen LogP contribution in [0.2, 0.25) is 0 Å². The molecule has 5 nitrogen and oxygen atoms in total. The summed E-state index contributed by atoms with van der Waals surface area (Å²) in [5, 5.41) is 3.79. The van der Waals surface area contributed by atoms with E-state index in [0.29, 0.717) is 17.6 Å². The van der Waals surface area contributed by atoms with E-state index >= 15 is 0 Å². The number of aromatic nitrogens is 3. The van der Waals surface area contributed by atoms with Gasteiger partial charge in [-0.2, -0.15) is 4.98 Å². The maximum Gasteiger partial charge on any atom is 0.224 e. The average Bonchev–Trinajstić information content (AvgIpc) is 2.65. The van der Waals surface area contributed by atoms with Gasteiger partial charge in [0.1, 0.15) is 0 Å². The first kappa shape index (κ1) is 8.68. The van der Waals surface area contributed by atoms with Gasteiger partial charge < -0.3 is 9.26 Å². The Morgan fingerprint density at radius 2 is 2.29 bits per heavy atom. The zero-order valence-corrected chi connectivity index (χ0v) is 7.89. The van der Waals surface area contributed by atoms with Crippen LogP contribution in [0.5, 0.6) is 5.88 Å². The van der Waals surface area contributed by atoms with Crippen LogP contribution in [0.15, 0.2) is 22.9 Å². The van der Waals surface area contributed by atoms with Crippen LogP contribution in [0, 0.1) is 6.92 Å². The lowest BCUT2D eigenvalue weighted by Crippen LogP contribution is -1.91. The lowest BCUT2D eigenvalue weighted by atomic mass is 10.2. The number of rotatable bonds is 2. The first-order valence-electron chi connectivity index (χ1n) is 4.11. The summed E-state index contributed by atoms with van der Waals surface area (Å²) in [6.45, 7) is 1.74. The van der Waals surface area contributed by atoms with Crippen LogP contribution >= 0.6 is 0 Å². The van der Waals surface area contributed by atoms with Crippen LogP contribution in [0.1, 0.15) is 5.89 Å². The molecule has 0 saturated heterocycles. The van der Waals surface area contributed by atoms with Gasteiger partial charge in [-0.1, -0.05) is 5.16 Å². The molecular formula is C9H9N3O2. The van der Waals surface area contributed by atoms with Crippen molar-refractivity contribution < 1.29 is 9.26 Å². The molecule has 0 aliphatic carbocycles. The zero-order chi connectivity index (χ0) is 9.97. The molecule has 0 aromatic carbocycles. The minimum atomic E-state index is 0.493. The lowest BCUT2D eigenvalue weighted by Gasteiger charge is -2.01. The summed E-state index contributed by atoms with van der Waals surface area (Å²) >= 11 is 0. The number of methoxy groups -OCH3 is 1. The summed E-state index contributed by atoms with van der Waals surface area (Å²) < 4.78 is 9.95. The topological polar surface area (TPSA) is 61.0 Å². The number of aryl methyl sites for hydroxylation is 1. The molecule has 0 N–H and O–H groups in total. The molecule has 2 aromatic rings. The van der Waals surface area contributed by atoms with E-state index in [1.54, 1.807) is 26.3 Å². The highest BCUT2D eigenvalue weighted by Gasteiger charge is 2.11. The van der Waals surface area contributed by atoms with Gasteiger partial charge in [-0.25, -0.2) is 4.98 Å². The molecule has 0 bridgehead atoms. The SMILES string of the molecule is COc1ncccc1-c1noc(C)n1. The Balaban J connectivity index is 2.50. The Kier molecular flexibility index (Phi) is 2.14. The molecular weight excluding hydrogens is 182 g/mol. The second kappa shape index (κ2) is 3.45. The number of hydrogen-bond donors (Lipinski definition) is 0. The summed E-state index contributed by atoms with van der Waals surface area (Å²) in [4.78, 5) is 8.13. The first-order valence-corrected chi connectivity index (χ1v) is 4.11. The minimum Gasteiger partial charge on any atom is -0.480 e. The maximum atomic E-state index is 5.08. The minimum absolute atomic E-state index is 0.493. The molecule has 0 radical (unpaired) electrons. The highest BCUT2D eigenvalue weighted by Crippen LogP contribution is 2.24. The van der Waals surface area contributed by atoms with Crippen molar-refractivity contribution >= 4 is 0 Å². The summed E-state index contributed by atoms with van der Waals surface area (Å²) in [6.07, 6.45) is 1.65. The summed E-state index contributed by atoms with van der Waals surface area (Å²) in [6, 6.07) is 3.62. The molecule has 0 saturated carbocycles. The van der Waals surface area contributed by atoms with Crippen molar-refractivity contribution in [2.24, 2.45) is 0 Å². The molecule has 0 spiro atoms. The van der Waals surface area contributed by atoms with Crippen LogP contribution in [0.3, 0.4) is 0 Å². The number of nitrogens with zero attached hydrogens (tertiary/aromatic N) is 3. The van der Waals surface area contributed by atoms with Gasteiger partial charge in [0.05, 0.1) is 12.7 Å². The Labute approximate surface area is 80.7 Å². The third kappa shape index (κ3) is 1.44. The Morgan fingerprint density at radius 3 is 2.93 bits per heavy atom. The zero-order valence-electron chi connectivity index (χ0n) is 7.89. The smallest absolute Gasteiger partial charge is 0.224 e. The largest absolute Gasteiger partial charge is 0.480 e. The summed E-state index contributed by atoms with van der Waals surface area (Å²) in [5.74, 6) is 1.51. The van der Waals surface area contributed by atoms with E-state index in [2.05, 4.69) is 15.1 Å². The highest BCUT2D eigenvalue weighted by atomic mass is 16.5. The van der Waals surface area contributed by atoms with E-state index in [-0.39, 0.29) is 0 Å². The molecule has 0 aliphatic rings. The summed E-state index contributed by atoms with van der Waals surface area (Å²) in [5.41, 5.74) is 0.729. The third-order valence-electron chi connectivity index (χ3n) is 1.73. The monoisotopic (exact) mass is 191 g/mol. The van der Waals surface area contributed by atoms with Crippen LogP contribution in [-0.2, 0) is 0 Å². The molecule has 2 heterocycles. The molecule has 72 valence electrons. The maximum absolute atomic E-state index is 5.08. The Hall–Kier alpha value is -1.91. The van der Waals surface area contributed by atoms with Gasteiger partial charge in [0.2, 0.25) is 17.6 Å². The van der Waals surface area contributed by atoms with Gasteiger partial charge in [0.15, 0.2) is 0 Å². The predicted molar refractivity (Wildman–Crippen MR) is 48.8 cm³/mol. The fourth-order valence-corrected chi connectivity index (χ4v) is 1.13. The number of pyridine rings is 1. The van der Waals surface area contributed by atoms with E-state index in [9.17, 15) is 0 Å². The fourth-order valence-electron chi connectivity index (χ4n) is 1.13. The van der Waals surface area contributed by atoms with Gasteiger partial charge in [0.25, 0.3) is 0 Å². The van der Waals surface area contributed by atoms with Crippen LogP contribution in [-0.4, -0.2) is 22.2 Å². The molecule has 0 unspecified atom stereocenters. The molecule has 5 heteroatoms. The standard InChI is InChI=1S/C9H9N3O2/c1-6-11-8(12-14-6)7-4-3-5-10-9(7)13-2/h3-5H,1-2H3. The molecule has 2 aromatic heterocycles. The highest BCUT2D eigenvalue weighted by molar-refractivity contribution is 5.60. The molecule has 0 fully saturated rings. The molecule has 0 amide bonds. The quantitative estimate of drug-likeness (QED) is 0.718. The predicted octanol–water partition coefficient (Wildman–Crippen LogP) is 1.45. The van der Waals surface area contributed by atoms with Gasteiger partial charge in [-0.05, 0) is 12.1 Å². The normalized spacial score (nSPS) is 10.1. The van der Waals surface area contributed by atoms with Gasteiger partial charge >= 0.3 is 0 Å². The summed E-state index contributed by atoms with van der Waals surface area (Å²) in [7, 11) is 1.55. The van der Waals surface area contributed by atoms with E-state index < -0.39 is 0 Å². The second-order valence-electron chi connectivity index (χ2n) is 2.70. The number of ether oxygens (including phenoxy) is 1. The van der Waals surface area contributed by atoms with Gasteiger partial charge in [0, 0.05) is 13.1 Å².